The first-order chi connectivity index (χ1) is 17.8. The van der Waals surface area contributed by atoms with Gasteiger partial charge in [-0.05, 0) is 49.3 Å². The van der Waals surface area contributed by atoms with Gasteiger partial charge in [-0.15, -0.1) is 0 Å². The number of aliphatic hydroxyl groups is 1. The number of Topliss-reactive ketones (excluding diaryl/α,β-unsaturated/α-hetero) is 2. The lowest BCUT2D eigenvalue weighted by molar-refractivity contribution is -0.152. The SMILES string of the molecule is [2H]C(C)(C(=O)C(F)(F)CC(C)CCC)C([2H])([2H])[C@H]1[C@](C)(O)C(C)C(=O)[C@]1(C)C(C)C(C)C(C)CC(C)CC(=O)O. The molecule has 1 rings (SSSR count). The van der Waals surface area contributed by atoms with Crippen LogP contribution in [0.4, 0.5) is 8.78 Å². The van der Waals surface area contributed by atoms with Gasteiger partial charge in [0.05, 0.1) is 5.60 Å². The molecular formula is C30H52F2O5. The average Bonchev–Trinajstić information content (AvgIpc) is 2.93. The molecule has 5 nitrogen and oxygen atoms in total. The van der Waals surface area contributed by atoms with E-state index < -0.39 is 76.8 Å². The smallest absolute Gasteiger partial charge is 0.305 e. The van der Waals surface area contributed by atoms with Gasteiger partial charge in [-0.1, -0.05) is 75.2 Å². The average molecular weight is 534 g/mol. The maximum absolute atomic E-state index is 15.2. The zero-order valence-electron chi connectivity index (χ0n) is 27.5. The van der Waals surface area contributed by atoms with Gasteiger partial charge < -0.3 is 10.2 Å². The van der Waals surface area contributed by atoms with Crippen LogP contribution in [0.5, 0.6) is 0 Å². The van der Waals surface area contributed by atoms with Gasteiger partial charge >= 0.3 is 11.9 Å². The molecule has 1 aliphatic carbocycles. The third-order valence-electron chi connectivity index (χ3n) is 9.33. The summed E-state index contributed by atoms with van der Waals surface area (Å²) in [7, 11) is 0. The van der Waals surface area contributed by atoms with Gasteiger partial charge in [0.25, 0.3) is 0 Å². The van der Waals surface area contributed by atoms with Crippen molar-refractivity contribution in [1.82, 2.24) is 0 Å². The Labute approximate surface area is 227 Å². The van der Waals surface area contributed by atoms with Gasteiger partial charge in [-0.3, -0.25) is 14.4 Å². The number of halogens is 2. The first kappa shape index (κ1) is 28.6. The molecule has 0 saturated heterocycles. The summed E-state index contributed by atoms with van der Waals surface area (Å²) in [6, 6.07) is 0. The Balaban J connectivity index is 3.59. The maximum Gasteiger partial charge on any atom is 0.305 e. The van der Waals surface area contributed by atoms with E-state index in [1.165, 1.54) is 20.8 Å². The van der Waals surface area contributed by atoms with Crippen molar-refractivity contribution in [3.05, 3.63) is 0 Å². The topological polar surface area (TPSA) is 91.7 Å². The molecule has 0 aromatic heterocycles. The van der Waals surface area contributed by atoms with E-state index in [4.69, 9.17) is 9.22 Å². The van der Waals surface area contributed by atoms with Crippen LogP contribution in [0.2, 0.25) is 0 Å². The third-order valence-corrected chi connectivity index (χ3v) is 9.33. The summed E-state index contributed by atoms with van der Waals surface area (Å²) in [6.07, 6.45) is -2.22. The van der Waals surface area contributed by atoms with E-state index in [1.807, 2.05) is 27.7 Å². The second-order valence-corrected chi connectivity index (χ2v) is 12.5. The van der Waals surface area contributed by atoms with Crippen LogP contribution in [0.25, 0.3) is 0 Å². The van der Waals surface area contributed by atoms with Gasteiger partial charge in [0.2, 0.25) is 5.78 Å². The lowest BCUT2D eigenvalue weighted by Crippen LogP contribution is -2.47. The maximum atomic E-state index is 15.2. The number of hydrogen-bond donors (Lipinski definition) is 2. The molecule has 1 aliphatic rings. The minimum Gasteiger partial charge on any atom is -0.481 e. The summed E-state index contributed by atoms with van der Waals surface area (Å²) in [5, 5.41) is 20.8. The molecule has 1 saturated carbocycles. The highest BCUT2D eigenvalue weighted by molar-refractivity contribution is 5.92. The Hall–Kier alpha value is -1.37. The third kappa shape index (κ3) is 7.39. The fourth-order valence-corrected chi connectivity index (χ4v) is 6.47. The zero-order chi connectivity index (χ0) is 31.8. The van der Waals surface area contributed by atoms with Gasteiger partial charge in [0.15, 0.2) is 0 Å². The molecule has 10 atom stereocenters. The summed E-state index contributed by atoms with van der Waals surface area (Å²) in [5.74, 6) is -14.4. The van der Waals surface area contributed by atoms with Crippen LogP contribution in [0, 0.1) is 52.7 Å². The lowest BCUT2D eigenvalue weighted by Gasteiger charge is -2.44. The lowest BCUT2D eigenvalue weighted by atomic mass is 9.59. The molecular weight excluding hydrogens is 478 g/mol. The van der Waals surface area contributed by atoms with Gasteiger partial charge in [-0.2, -0.15) is 8.78 Å². The van der Waals surface area contributed by atoms with Crippen molar-refractivity contribution in [1.29, 1.82) is 0 Å². The minimum absolute atomic E-state index is 0.0248. The van der Waals surface area contributed by atoms with E-state index in [2.05, 4.69) is 0 Å². The Bertz CT molecular complexity index is 938. The van der Waals surface area contributed by atoms with Gasteiger partial charge in [0.1, 0.15) is 5.78 Å². The highest BCUT2D eigenvalue weighted by Gasteiger charge is 2.64. The number of carboxylic acids is 1. The van der Waals surface area contributed by atoms with Crippen LogP contribution < -0.4 is 0 Å². The van der Waals surface area contributed by atoms with E-state index in [-0.39, 0.29) is 24.2 Å². The fourth-order valence-electron chi connectivity index (χ4n) is 6.47. The summed E-state index contributed by atoms with van der Waals surface area (Å²) in [4.78, 5) is 38.2. The molecule has 0 radical (unpaired) electrons. The molecule has 1 fully saturated rings. The van der Waals surface area contributed by atoms with E-state index in [9.17, 15) is 19.5 Å². The molecule has 2 N–H and O–H groups in total. The molecule has 7 heteroatoms. The first-order valence-corrected chi connectivity index (χ1v) is 13.8. The second kappa shape index (κ2) is 12.7. The fraction of sp³-hybridized carbons (Fsp3) is 0.900. The molecule has 216 valence electrons. The van der Waals surface area contributed by atoms with Crippen LogP contribution in [-0.2, 0) is 14.4 Å². The minimum atomic E-state index is -3.96. The molecule has 7 unspecified atom stereocenters. The number of carbonyl (C=O) groups excluding carboxylic acids is 2. The monoisotopic (exact) mass is 533 g/mol. The highest BCUT2D eigenvalue weighted by atomic mass is 19.3. The molecule has 0 aromatic carbocycles. The number of hydrogen-bond acceptors (Lipinski definition) is 4. The first-order valence-electron chi connectivity index (χ1n) is 15.3. The van der Waals surface area contributed by atoms with Crippen LogP contribution in [0.3, 0.4) is 0 Å². The van der Waals surface area contributed by atoms with E-state index in [0.29, 0.717) is 19.3 Å². The van der Waals surface area contributed by atoms with Crippen molar-refractivity contribution in [2.45, 2.75) is 119 Å². The van der Waals surface area contributed by atoms with Crippen LogP contribution in [0.15, 0.2) is 0 Å². The van der Waals surface area contributed by atoms with Crippen molar-refractivity contribution in [3.63, 3.8) is 0 Å². The zero-order valence-corrected chi connectivity index (χ0v) is 24.5. The van der Waals surface area contributed by atoms with Crippen molar-refractivity contribution in [3.8, 4) is 0 Å². The number of carboxylic acid groups (broad SMARTS) is 1. The Morgan fingerprint density at radius 1 is 1.14 bits per heavy atom. The number of ketones is 2. The standard InChI is InChI=1S/C30H52F2O5/c1-11-12-17(2)16-30(31,32)26(35)20(5)15-24-28(9,27(36)23(8)29(24,10)37)22(7)21(6)19(4)13-18(3)14-25(33)34/h17-24,37H,11-16H2,1-10H3,(H,33,34)/t17?,18?,19?,20?,21?,22?,23?,24-,28-,29-/m1/s1/i15D2,20D. The van der Waals surface area contributed by atoms with Crippen molar-refractivity contribution >= 4 is 17.5 Å². The molecule has 0 amide bonds. The number of rotatable bonds is 15. The van der Waals surface area contributed by atoms with Crippen LogP contribution in [-0.4, -0.2) is 39.3 Å². The Morgan fingerprint density at radius 3 is 2.16 bits per heavy atom. The van der Waals surface area contributed by atoms with Crippen LogP contribution in [0.1, 0.15) is 112 Å². The summed E-state index contributed by atoms with van der Waals surface area (Å²) in [6.45, 7) is 15.9. The van der Waals surface area contributed by atoms with Gasteiger partial charge in [-0.25, -0.2) is 0 Å². The molecule has 0 bridgehead atoms. The molecule has 37 heavy (non-hydrogen) atoms. The highest BCUT2D eigenvalue weighted by Crippen LogP contribution is 2.58. The number of alkyl halides is 2. The van der Waals surface area contributed by atoms with Crippen molar-refractivity contribution in [2.24, 2.45) is 52.7 Å². The molecule has 0 aromatic rings. The van der Waals surface area contributed by atoms with Crippen molar-refractivity contribution < 1.29 is 37.5 Å². The van der Waals surface area contributed by atoms with Crippen LogP contribution >= 0.6 is 0 Å². The van der Waals surface area contributed by atoms with E-state index in [0.717, 1.165) is 6.92 Å². The summed E-state index contributed by atoms with van der Waals surface area (Å²) in [5.41, 5.74) is -3.61. The predicted octanol–water partition coefficient (Wildman–Crippen LogP) is 7.04. The molecule has 0 heterocycles. The molecule has 0 spiro atoms. The number of carbonyl (C=O) groups is 3. The van der Waals surface area contributed by atoms with E-state index >= 15 is 8.78 Å². The predicted molar refractivity (Wildman–Crippen MR) is 142 cm³/mol. The van der Waals surface area contributed by atoms with E-state index in [1.54, 1.807) is 13.8 Å². The Morgan fingerprint density at radius 2 is 1.68 bits per heavy atom. The second-order valence-electron chi connectivity index (χ2n) is 12.5. The quantitative estimate of drug-likeness (QED) is 0.235. The number of aliphatic carboxylic acids is 1. The van der Waals surface area contributed by atoms with Gasteiger partial charge in [0, 0.05) is 40.1 Å². The Kier molecular flexibility index (Phi) is 9.79. The summed E-state index contributed by atoms with van der Waals surface area (Å²) >= 11 is 0. The largest absolute Gasteiger partial charge is 0.481 e. The van der Waals surface area contributed by atoms with Crippen molar-refractivity contribution in [2.75, 3.05) is 0 Å². The normalized spacial score (nSPS) is 33.9. The summed E-state index contributed by atoms with van der Waals surface area (Å²) < 4.78 is 57.4. The molecule has 0 aliphatic heterocycles.